The van der Waals surface area contributed by atoms with Gasteiger partial charge in [0.2, 0.25) is 0 Å². The summed E-state index contributed by atoms with van der Waals surface area (Å²) in [6.07, 6.45) is 4.31. The minimum Gasteiger partial charge on any atom is -0.469 e. The molecular weight excluding hydrogens is 282 g/mol. The number of methoxy groups -OCH3 is 1. The molecule has 1 aromatic rings. The number of hydrogen-bond acceptors (Lipinski definition) is 5. The number of sulfonamides is 1. The van der Waals surface area contributed by atoms with E-state index < -0.39 is 15.9 Å². The molecule has 1 atom stereocenters. The monoisotopic (exact) mass is 301 g/mol. The number of carbonyl (C=O) groups excluding carboxylic acids is 1. The van der Waals surface area contributed by atoms with Crippen molar-refractivity contribution in [3.8, 4) is 0 Å². The van der Waals surface area contributed by atoms with Crippen molar-refractivity contribution in [3.63, 3.8) is 0 Å². The molecular formula is C12H19N3O4S. The van der Waals surface area contributed by atoms with E-state index in [0.717, 1.165) is 0 Å². The number of nitrogens with zero attached hydrogens (tertiary/aromatic N) is 3. The summed E-state index contributed by atoms with van der Waals surface area (Å²) in [5.74, 6) is -0.749. The molecule has 0 saturated carbocycles. The third-order valence-electron chi connectivity index (χ3n) is 3.50. The minimum atomic E-state index is -3.63. The van der Waals surface area contributed by atoms with Gasteiger partial charge in [0.25, 0.3) is 10.0 Å². The van der Waals surface area contributed by atoms with Crippen LogP contribution in [0.15, 0.2) is 17.6 Å². The van der Waals surface area contributed by atoms with Crippen LogP contribution in [0.5, 0.6) is 0 Å². The molecule has 0 amide bonds. The Bertz CT molecular complexity index is 581. The molecule has 0 aliphatic carbocycles. The maximum Gasteiger partial charge on any atom is 0.309 e. The van der Waals surface area contributed by atoms with Crippen molar-refractivity contribution in [1.29, 1.82) is 0 Å². The van der Waals surface area contributed by atoms with Crippen LogP contribution in [0.4, 0.5) is 0 Å². The number of piperidine rings is 1. The highest BCUT2D eigenvalue weighted by Gasteiger charge is 2.34. The number of esters is 1. The lowest BCUT2D eigenvalue weighted by atomic mass is 10.0. The minimum absolute atomic E-state index is 0.0323. The Morgan fingerprint density at radius 1 is 1.55 bits per heavy atom. The first kappa shape index (κ1) is 15.0. The lowest BCUT2D eigenvalue weighted by Crippen LogP contribution is -2.42. The SMILES string of the molecule is CCn1cnc(S(=O)(=O)N2CCCC(C(=O)OC)C2)c1. The second-order valence-corrected chi connectivity index (χ2v) is 6.65. The summed E-state index contributed by atoms with van der Waals surface area (Å²) in [6, 6.07) is 0. The molecule has 0 N–H and O–H groups in total. The zero-order valence-corrected chi connectivity index (χ0v) is 12.5. The van der Waals surface area contributed by atoms with Crippen LogP contribution in [0.2, 0.25) is 0 Å². The molecule has 2 heterocycles. The van der Waals surface area contributed by atoms with Crippen LogP contribution in [0.3, 0.4) is 0 Å². The number of aryl methyl sites for hydroxylation is 1. The van der Waals surface area contributed by atoms with Crippen molar-refractivity contribution in [2.45, 2.75) is 31.3 Å². The first-order chi connectivity index (χ1) is 9.48. The van der Waals surface area contributed by atoms with Gasteiger partial charge < -0.3 is 9.30 Å². The quantitative estimate of drug-likeness (QED) is 0.755. The van der Waals surface area contributed by atoms with E-state index in [1.165, 1.54) is 23.9 Å². The molecule has 0 radical (unpaired) electrons. The molecule has 7 nitrogen and oxygen atoms in total. The van der Waals surface area contributed by atoms with Gasteiger partial charge in [-0.25, -0.2) is 13.4 Å². The van der Waals surface area contributed by atoms with Gasteiger partial charge in [-0.1, -0.05) is 0 Å². The Morgan fingerprint density at radius 3 is 2.90 bits per heavy atom. The summed E-state index contributed by atoms with van der Waals surface area (Å²) in [4.78, 5) is 15.5. The third-order valence-corrected chi connectivity index (χ3v) is 5.25. The average molecular weight is 301 g/mol. The number of hydrogen-bond donors (Lipinski definition) is 0. The first-order valence-electron chi connectivity index (χ1n) is 6.58. The second-order valence-electron chi connectivity index (χ2n) is 4.77. The van der Waals surface area contributed by atoms with Crippen molar-refractivity contribution < 1.29 is 17.9 Å². The topological polar surface area (TPSA) is 81.5 Å². The van der Waals surface area contributed by atoms with E-state index in [2.05, 4.69) is 4.98 Å². The lowest BCUT2D eigenvalue weighted by molar-refractivity contribution is -0.146. The van der Waals surface area contributed by atoms with Crippen LogP contribution in [-0.4, -0.2) is 48.4 Å². The first-order valence-corrected chi connectivity index (χ1v) is 8.02. The molecule has 0 bridgehead atoms. The molecule has 1 saturated heterocycles. The number of ether oxygens (including phenoxy) is 1. The second kappa shape index (κ2) is 5.92. The maximum atomic E-state index is 12.5. The van der Waals surface area contributed by atoms with Gasteiger partial charge in [-0.2, -0.15) is 4.31 Å². The van der Waals surface area contributed by atoms with E-state index in [1.54, 1.807) is 4.57 Å². The molecule has 1 aliphatic rings. The lowest BCUT2D eigenvalue weighted by Gasteiger charge is -2.29. The van der Waals surface area contributed by atoms with Gasteiger partial charge in [-0.15, -0.1) is 0 Å². The highest BCUT2D eigenvalue weighted by molar-refractivity contribution is 7.89. The van der Waals surface area contributed by atoms with E-state index >= 15 is 0 Å². The predicted octanol–water partition coefficient (Wildman–Crippen LogP) is 0.477. The van der Waals surface area contributed by atoms with Crippen molar-refractivity contribution in [2.24, 2.45) is 5.92 Å². The van der Waals surface area contributed by atoms with Gasteiger partial charge in [0, 0.05) is 25.8 Å². The summed E-state index contributed by atoms with van der Waals surface area (Å²) < 4.78 is 32.7. The van der Waals surface area contributed by atoms with Gasteiger partial charge in [0.1, 0.15) is 0 Å². The van der Waals surface area contributed by atoms with E-state index in [1.807, 2.05) is 6.92 Å². The van der Waals surface area contributed by atoms with Gasteiger partial charge in [-0.3, -0.25) is 4.79 Å². The van der Waals surface area contributed by atoms with Crippen LogP contribution < -0.4 is 0 Å². The average Bonchev–Trinajstić information content (AvgIpc) is 2.96. The largest absolute Gasteiger partial charge is 0.469 e. The smallest absolute Gasteiger partial charge is 0.309 e. The Kier molecular flexibility index (Phi) is 4.44. The zero-order valence-electron chi connectivity index (χ0n) is 11.7. The molecule has 1 aromatic heterocycles. The highest BCUT2D eigenvalue weighted by Crippen LogP contribution is 2.23. The molecule has 1 unspecified atom stereocenters. The van der Waals surface area contributed by atoms with Crippen LogP contribution in [-0.2, 0) is 26.1 Å². The molecule has 20 heavy (non-hydrogen) atoms. The van der Waals surface area contributed by atoms with Crippen LogP contribution in [0.1, 0.15) is 19.8 Å². The number of imidazole rings is 1. The predicted molar refractivity (Wildman–Crippen MR) is 71.4 cm³/mol. The number of carbonyl (C=O) groups is 1. The van der Waals surface area contributed by atoms with E-state index in [0.29, 0.717) is 25.9 Å². The van der Waals surface area contributed by atoms with Crippen molar-refractivity contribution >= 4 is 16.0 Å². The fraction of sp³-hybridized carbons (Fsp3) is 0.667. The summed E-state index contributed by atoms with van der Waals surface area (Å²) in [6.45, 7) is 3.14. The Balaban J connectivity index is 2.18. The third kappa shape index (κ3) is 2.85. The highest BCUT2D eigenvalue weighted by atomic mass is 32.2. The summed E-state index contributed by atoms with van der Waals surface area (Å²) >= 11 is 0. The summed E-state index contributed by atoms with van der Waals surface area (Å²) in [5, 5.41) is 0.0323. The fourth-order valence-electron chi connectivity index (χ4n) is 2.30. The van der Waals surface area contributed by atoms with Crippen LogP contribution >= 0.6 is 0 Å². The van der Waals surface area contributed by atoms with E-state index in [-0.39, 0.29) is 17.5 Å². The van der Waals surface area contributed by atoms with Crippen molar-refractivity contribution in [3.05, 3.63) is 12.5 Å². The molecule has 8 heteroatoms. The van der Waals surface area contributed by atoms with Gasteiger partial charge >= 0.3 is 5.97 Å². The van der Waals surface area contributed by atoms with Crippen LogP contribution in [0.25, 0.3) is 0 Å². The van der Waals surface area contributed by atoms with Crippen LogP contribution in [0, 0.1) is 5.92 Å². The maximum absolute atomic E-state index is 12.5. The van der Waals surface area contributed by atoms with Gasteiger partial charge in [0.05, 0.1) is 19.4 Å². The van der Waals surface area contributed by atoms with Gasteiger partial charge in [0.15, 0.2) is 5.03 Å². The Hall–Kier alpha value is -1.41. The summed E-state index contributed by atoms with van der Waals surface area (Å²) in [5.41, 5.74) is 0. The molecule has 0 aromatic carbocycles. The van der Waals surface area contributed by atoms with Crippen molar-refractivity contribution in [2.75, 3.05) is 20.2 Å². The van der Waals surface area contributed by atoms with Crippen molar-refractivity contribution in [1.82, 2.24) is 13.9 Å². The van der Waals surface area contributed by atoms with E-state index in [4.69, 9.17) is 4.74 Å². The van der Waals surface area contributed by atoms with Gasteiger partial charge in [-0.05, 0) is 19.8 Å². The molecule has 0 spiro atoms. The zero-order chi connectivity index (χ0) is 14.8. The molecule has 1 aliphatic heterocycles. The summed E-state index contributed by atoms with van der Waals surface area (Å²) in [7, 11) is -2.31. The normalized spacial score (nSPS) is 20.8. The standard InChI is InChI=1S/C12H19N3O4S/c1-3-14-8-11(13-9-14)20(17,18)15-6-4-5-10(7-15)12(16)19-2/h8-10H,3-7H2,1-2H3. The molecule has 112 valence electrons. The Labute approximate surface area is 118 Å². The molecule has 2 rings (SSSR count). The number of rotatable bonds is 4. The Morgan fingerprint density at radius 2 is 2.30 bits per heavy atom. The molecule has 1 fully saturated rings. The fourth-order valence-corrected chi connectivity index (χ4v) is 3.76. The van der Waals surface area contributed by atoms with E-state index in [9.17, 15) is 13.2 Å². The number of aromatic nitrogens is 2.